The molecule has 0 saturated heterocycles. The topological polar surface area (TPSA) is 88.4 Å². The number of esters is 1. The number of hydrogen-bond donors (Lipinski definition) is 1. The van der Waals surface area contributed by atoms with E-state index in [1.54, 1.807) is 54.6 Å². The molecule has 1 N–H and O–H groups in total. The van der Waals surface area contributed by atoms with Crippen LogP contribution in [0, 0.1) is 0 Å². The van der Waals surface area contributed by atoms with E-state index in [0.29, 0.717) is 16.9 Å². The molecule has 0 bridgehead atoms. The first-order valence-electron chi connectivity index (χ1n) is 7.92. The van der Waals surface area contributed by atoms with Crippen molar-refractivity contribution in [2.45, 2.75) is 12.1 Å². The van der Waals surface area contributed by atoms with Crippen LogP contribution in [0.25, 0.3) is 0 Å². The summed E-state index contributed by atoms with van der Waals surface area (Å²) < 4.78 is 9.82. The second-order valence-electron chi connectivity index (χ2n) is 5.74. The molecule has 0 aromatic heterocycles. The van der Waals surface area contributed by atoms with Crippen LogP contribution in [-0.4, -0.2) is 41.9 Å². The van der Waals surface area contributed by atoms with E-state index in [0.717, 1.165) is 5.01 Å². The van der Waals surface area contributed by atoms with E-state index < -0.39 is 17.6 Å². The number of rotatable bonds is 4. The quantitative estimate of drug-likeness (QED) is 0.848. The molecular weight excluding hydrogens is 336 g/mol. The van der Waals surface area contributed by atoms with Crippen molar-refractivity contribution in [1.82, 2.24) is 5.01 Å². The highest BCUT2D eigenvalue weighted by Crippen LogP contribution is 2.37. The predicted octanol–water partition coefficient (Wildman–Crippen LogP) is 1.92. The van der Waals surface area contributed by atoms with Gasteiger partial charge in [-0.15, -0.1) is 0 Å². The maximum Gasteiger partial charge on any atom is 0.354 e. The molecule has 2 aromatic rings. The highest BCUT2D eigenvalue weighted by Gasteiger charge is 2.48. The molecule has 3 rings (SSSR count). The van der Waals surface area contributed by atoms with Gasteiger partial charge in [0.2, 0.25) is 0 Å². The number of carbonyl (C=O) groups is 2. The predicted molar refractivity (Wildman–Crippen MR) is 93.6 cm³/mol. The molecule has 7 heteroatoms. The van der Waals surface area contributed by atoms with Crippen LogP contribution in [0.15, 0.2) is 59.7 Å². The molecule has 1 amide bonds. The summed E-state index contributed by atoms with van der Waals surface area (Å²) in [5.74, 6) is -0.617. The number of nitrogens with zero attached hydrogens (tertiary/aromatic N) is 2. The minimum absolute atomic E-state index is 0.0323. The van der Waals surface area contributed by atoms with Gasteiger partial charge >= 0.3 is 5.97 Å². The van der Waals surface area contributed by atoms with Gasteiger partial charge in [-0.1, -0.05) is 30.3 Å². The van der Waals surface area contributed by atoms with E-state index in [4.69, 9.17) is 9.47 Å². The summed E-state index contributed by atoms with van der Waals surface area (Å²) in [6, 6.07) is 15.0. The first-order valence-corrected chi connectivity index (χ1v) is 7.92. The lowest BCUT2D eigenvalue weighted by atomic mass is 9.96. The number of carbonyl (C=O) groups excluding carboxylic acids is 2. The Morgan fingerprint density at radius 2 is 1.73 bits per heavy atom. The number of ether oxygens (including phenoxy) is 2. The first kappa shape index (κ1) is 17.6. The summed E-state index contributed by atoms with van der Waals surface area (Å²) in [5, 5.41) is 16.3. The molecule has 0 unspecified atom stereocenters. The van der Waals surface area contributed by atoms with Gasteiger partial charge in [0.25, 0.3) is 5.91 Å². The number of benzene rings is 2. The lowest BCUT2D eigenvalue weighted by molar-refractivity contribution is -0.133. The number of methoxy groups -OCH3 is 2. The monoisotopic (exact) mass is 354 g/mol. The zero-order chi connectivity index (χ0) is 18.7. The van der Waals surface area contributed by atoms with Gasteiger partial charge in [-0.3, -0.25) is 4.79 Å². The van der Waals surface area contributed by atoms with Crippen molar-refractivity contribution in [3.63, 3.8) is 0 Å². The molecule has 0 spiro atoms. The second kappa shape index (κ2) is 6.97. The van der Waals surface area contributed by atoms with Crippen LogP contribution in [0.4, 0.5) is 0 Å². The van der Waals surface area contributed by atoms with Crippen molar-refractivity contribution in [2.75, 3.05) is 14.2 Å². The van der Waals surface area contributed by atoms with Gasteiger partial charge in [-0.05, 0) is 24.3 Å². The molecule has 0 aliphatic carbocycles. The SMILES string of the molecule is COC(=O)C1=NN(C(=O)c2ccccc2)[C@](O)(c2ccc(OC)cc2)C1. The van der Waals surface area contributed by atoms with Gasteiger partial charge in [-0.2, -0.15) is 10.1 Å². The Morgan fingerprint density at radius 1 is 1.08 bits per heavy atom. The maximum atomic E-state index is 12.9. The van der Waals surface area contributed by atoms with Crippen LogP contribution >= 0.6 is 0 Å². The Morgan fingerprint density at radius 3 is 2.31 bits per heavy atom. The summed E-state index contributed by atoms with van der Waals surface area (Å²) in [6.45, 7) is 0. The fraction of sp³-hybridized carbons (Fsp3) is 0.211. The van der Waals surface area contributed by atoms with E-state index in [2.05, 4.69) is 5.10 Å². The average molecular weight is 354 g/mol. The van der Waals surface area contributed by atoms with Gasteiger partial charge in [0.15, 0.2) is 11.4 Å². The summed E-state index contributed by atoms with van der Waals surface area (Å²) in [4.78, 5) is 24.8. The van der Waals surface area contributed by atoms with E-state index in [9.17, 15) is 14.7 Å². The lowest BCUT2D eigenvalue weighted by Crippen LogP contribution is -2.43. The number of hydrogen-bond acceptors (Lipinski definition) is 6. The van der Waals surface area contributed by atoms with Crippen molar-refractivity contribution in [3.05, 3.63) is 65.7 Å². The molecule has 0 radical (unpaired) electrons. The van der Waals surface area contributed by atoms with Crippen LogP contribution < -0.4 is 4.74 Å². The third-order valence-electron chi connectivity index (χ3n) is 4.17. The zero-order valence-corrected chi connectivity index (χ0v) is 14.4. The lowest BCUT2D eigenvalue weighted by Gasteiger charge is -2.31. The average Bonchev–Trinajstić information content (AvgIpc) is 3.06. The third-order valence-corrected chi connectivity index (χ3v) is 4.17. The highest BCUT2D eigenvalue weighted by atomic mass is 16.5. The second-order valence-corrected chi connectivity index (χ2v) is 5.74. The smallest absolute Gasteiger partial charge is 0.354 e. The van der Waals surface area contributed by atoms with Crippen molar-refractivity contribution < 1.29 is 24.2 Å². The summed E-state index contributed by atoms with van der Waals surface area (Å²) in [5.41, 5.74) is -1.09. The van der Waals surface area contributed by atoms with Crippen molar-refractivity contribution in [2.24, 2.45) is 5.10 Å². The maximum absolute atomic E-state index is 12.9. The Bertz CT molecular complexity index is 848. The molecule has 134 valence electrons. The molecular formula is C19H18N2O5. The zero-order valence-electron chi connectivity index (χ0n) is 14.4. The van der Waals surface area contributed by atoms with Gasteiger partial charge < -0.3 is 14.6 Å². The Balaban J connectivity index is 2.03. The number of amides is 1. The summed E-state index contributed by atoms with van der Waals surface area (Å²) in [6.07, 6.45) is -0.176. The largest absolute Gasteiger partial charge is 0.497 e. The molecule has 1 atom stereocenters. The van der Waals surface area contributed by atoms with Crippen molar-refractivity contribution >= 4 is 17.6 Å². The van der Waals surface area contributed by atoms with Crippen LogP contribution in [0.1, 0.15) is 22.3 Å². The number of hydrazone groups is 1. The van der Waals surface area contributed by atoms with Crippen LogP contribution in [0.5, 0.6) is 5.75 Å². The molecule has 7 nitrogen and oxygen atoms in total. The van der Waals surface area contributed by atoms with E-state index in [1.807, 2.05) is 0 Å². The van der Waals surface area contributed by atoms with E-state index in [-0.39, 0.29) is 12.1 Å². The van der Waals surface area contributed by atoms with E-state index >= 15 is 0 Å². The fourth-order valence-electron chi connectivity index (χ4n) is 2.78. The normalized spacial score (nSPS) is 19.0. The Hall–Kier alpha value is -3.19. The molecule has 0 saturated carbocycles. The van der Waals surface area contributed by atoms with Crippen molar-refractivity contribution in [1.29, 1.82) is 0 Å². The molecule has 0 fully saturated rings. The molecule has 2 aromatic carbocycles. The van der Waals surface area contributed by atoms with Gasteiger partial charge in [0, 0.05) is 11.1 Å². The molecule has 1 aliphatic rings. The number of aliphatic hydroxyl groups is 1. The minimum atomic E-state index is -1.80. The summed E-state index contributed by atoms with van der Waals surface area (Å²) in [7, 11) is 2.75. The van der Waals surface area contributed by atoms with Gasteiger partial charge in [-0.25, -0.2) is 4.79 Å². The standard InChI is InChI=1S/C19H18N2O5/c1-25-15-10-8-14(9-11-15)19(24)12-16(18(23)26-2)20-21(19)17(22)13-6-4-3-5-7-13/h3-11,24H,12H2,1-2H3/t19-/m1/s1. The fourth-order valence-corrected chi connectivity index (χ4v) is 2.78. The Labute approximate surface area is 150 Å². The molecule has 1 aliphatic heterocycles. The Kier molecular flexibility index (Phi) is 4.73. The van der Waals surface area contributed by atoms with Crippen LogP contribution in [0.3, 0.4) is 0 Å². The third kappa shape index (κ3) is 3.04. The van der Waals surface area contributed by atoms with Crippen LogP contribution in [-0.2, 0) is 15.3 Å². The van der Waals surface area contributed by atoms with E-state index in [1.165, 1.54) is 14.2 Å². The first-order chi connectivity index (χ1) is 12.5. The van der Waals surface area contributed by atoms with Gasteiger partial charge in [0.05, 0.1) is 20.6 Å². The van der Waals surface area contributed by atoms with Gasteiger partial charge in [0.1, 0.15) is 5.75 Å². The van der Waals surface area contributed by atoms with Crippen molar-refractivity contribution in [3.8, 4) is 5.75 Å². The minimum Gasteiger partial charge on any atom is -0.497 e. The molecule has 26 heavy (non-hydrogen) atoms. The highest BCUT2D eigenvalue weighted by molar-refractivity contribution is 6.37. The van der Waals surface area contributed by atoms with Crippen LogP contribution in [0.2, 0.25) is 0 Å². The summed E-state index contributed by atoms with van der Waals surface area (Å²) >= 11 is 0. The molecule has 1 heterocycles.